The zero-order valence-electron chi connectivity index (χ0n) is 19.6. The first-order chi connectivity index (χ1) is 16.9. The van der Waals surface area contributed by atoms with Crippen LogP contribution in [0.3, 0.4) is 0 Å². The van der Waals surface area contributed by atoms with Gasteiger partial charge < -0.3 is 20.1 Å². The average Bonchev–Trinajstić information content (AvgIpc) is 3.08. The molecule has 2 heterocycles. The molecule has 1 aromatic carbocycles. The fourth-order valence-corrected chi connectivity index (χ4v) is 6.24. The van der Waals surface area contributed by atoms with Crippen molar-refractivity contribution in [2.24, 2.45) is 0 Å². The molecule has 6 atom stereocenters. The van der Waals surface area contributed by atoms with Crippen LogP contribution in [0.2, 0.25) is 0 Å². The van der Waals surface area contributed by atoms with Gasteiger partial charge in [0.05, 0.1) is 18.0 Å². The Balaban J connectivity index is 1.77. The van der Waals surface area contributed by atoms with Crippen LogP contribution in [-0.4, -0.2) is 56.9 Å². The third-order valence-electron chi connectivity index (χ3n) is 4.94. The monoisotopic (exact) mass is 548 g/mol. The zero-order chi connectivity index (χ0) is 26.6. The van der Waals surface area contributed by atoms with Gasteiger partial charge in [-0.25, -0.2) is 18.1 Å². The summed E-state index contributed by atoms with van der Waals surface area (Å²) in [6, 6.07) is 6.88. The summed E-state index contributed by atoms with van der Waals surface area (Å²) in [7, 11) is -4.26. The van der Waals surface area contributed by atoms with Gasteiger partial charge in [-0.3, -0.25) is 13.9 Å². The molecular formula is C21H27F2N4O7PS. The number of para-hydroxylation sites is 1. The molecule has 1 saturated heterocycles. The van der Waals surface area contributed by atoms with Crippen LogP contribution in [0.25, 0.3) is 0 Å². The highest BCUT2D eigenvalue weighted by atomic mass is 32.2. The number of hydrogen-bond donors (Lipinski definition) is 3. The lowest BCUT2D eigenvalue weighted by Gasteiger charge is -2.25. The Morgan fingerprint density at radius 1 is 1.33 bits per heavy atom. The van der Waals surface area contributed by atoms with Crippen molar-refractivity contribution in [1.29, 1.82) is 0 Å². The number of ether oxygens (including phenoxy) is 1. The number of rotatable bonds is 10. The number of aliphatic hydroxyl groups excluding tert-OH is 1. The Morgan fingerprint density at radius 2 is 2.00 bits per heavy atom. The number of alkyl halides is 1. The molecule has 1 aromatic heterocycles. The number of hydrogen-bond acceptors (Lipinski definition) is 10. The normalized spacial score (nSPS) is 24.3. The number of aromatic nitrogens is 2. The largest absolute Gasteiger partial charge is 0.462 e. The Kier molecular flexibility index (Phi) is 9.12. The number of benzene rings is 1. The highest BCUT2D eigenvalue weighted by Gasteiger charge is 2.47. The molecule has 2 aromatic rings. The van der Waals surface area contributed by atoms with Gasteiger partial charge in [-0.15, -0.1) is 11.8 Å². The van der Waals surface area contributed by atoms with E-state index in [1.165, 1.54) is 19.1 Å². The minimum atomic E-state index is -4.26. The Morgan fingerprint density at radius 3 is 2.64 bits per heavy atom. The smallest absolute Gasteiger partial charge is 0.459 e. The van der Waals surface area contributed by atoms with Gasteiger partial charge in [0.15, 0.2) is 17.8 Å². The molecule has 0 amide bonds. The van der Waals surface area contributed by atoms with Gasteiger partial charge >= 0.3 is 19.4 Å². The van der Waals surface area contributed by atoms with E-state index in [1.807, 2.05) is 0 Å². The molecule has 0 aliphatic carbocycles. The molecule has 1 fully saturated rings. The zero-order valence-corrected chi connectivity index (χ0v) is 21.3. The number of carbonyl (C=O) groups excluding carboxylic acids is 1. The SMILES string of the molecule is CC(C)OC(=O)[C@H](C)NP(=O)(OC[C@H]1S[C@@H](n2cc(F)c(N)nc2=O)[C@@H](F)[C@@H]1O)Oc1ccccc1. The van der Waals surface area contributed by atoms with Gasteiger partial charge in [0, 0.05) is 6.20 Å². The third kappa shape index (κ3) is 6.83. The molecule has 0 saturated carbocycles. The van der Waals surface area contributed by atoms with Crippen molar-refractivity contribution in [3.05, 3.63) is 52.8 Å². The number of anilines is 1. The quantitative estimate of drug-likeness (QED) is 0.296. The second-order valence-corrected chi connectivity index (χ2v) is 11.3. The van der Waals surface area contributed by atoms with Crippen molar-refractivity contribution in [2.45, 2.75) is 55.8 Å². The number of halogens is 2. The molecule has 198 valence electrons. The van der Waals surface area contributed by atoms with E-state index in [-0.39, 0.29) is 5.75 Å². The summed E-state index contributed by atoms with van der Waals surface area (Å²) in [5.41, 5.74) is 4.27. The standard InChI is InChI=1S/C21H27F2N4O7PS/c1-11(2)33-20(29)12(3)26-35(31,34-13-7-5-4-6-8-13)32-10-15-17(28)16(23)19(36-15)27-9-14(22)18(24)25-21(27)30/h4-9,11-12,15-17,19,28H,10H2,1-3H3,(H,26,31)(H2,24,25,30)/t12-,15+,16-,17+,19+,35?/m0/s1. The maximum Gasteiger partial charge on any atom is 0.459 e. The van der Waals surface area contributed by atoms with Crippen LogP contribution in [0.4, 0.5) is 14.6 Å². The lowest BCUT2D eigenvalue weighted by Crippen LogP contribution is -2.37. The van der Waals surface area contributed by atoms with Crippen LogP contribution in [0.15, 0.2) is 41.3 Å². The van der Waals surface area contributed by atoms with Gasteiger partial charge in [0.2, 0.25) is 0 Å². The Bertz CT molecular complexity index is 1170. The maximum absolute atomic E-state index is 14.9. The van der Waals surface area contributed by atoms with E-state index in [9.17, 15) is 28.0 Å². The van der Waals surface area contributed by atoms with Crippen molar-refractivity contribution in [2.75, 3.05) is 12.3 Å². The van der Waals surface area contributed by atoms with Gasteiger partial charge in [-0.2, -0.15) is 10.1 Å². The third-order valence-corrected chi connectivity index (χ3v) is 8.11. The Hall–Kier alpha value is -2.51. The van der Waals surface area contributed by atoms with Crippen LogP contribution in [0.5, 0.6) is 5.75 Å². The summed E-state index contributed by atoms with van der Waals surface area (Å²) in [6.07, 6.45) is -3.39. The molecule has 1 unspecified atom stereocenters. The van der Waals surface area contributed by atoms with Crippen molar-refractivity contribution < 1.29 is 37.0 Å². The maximum atomic E-state index is 14.9. The number of aliphatic hydroxyl groups is 1. The molecule has 0 bridgehead atoms. The molecule has 11 nitrogen and oxygen atoms in total. The fraction of sp³-hybridized carbons (Fsp3) is 0.476. The predicted octanol–water partition coefficient (Wildman–Crippen LogP) is 2.41. The molecule has 15 heteroatoms. The second kappa shape index (κ2) is 11.7. The summed E-state index contributed by atoms with van der Waals surface area (Å²) < 4.78 is 59.1. The van der Waals surface area contributed by atoms with E-state index >= 15 is 0 Å². The van der Waals surface area contributed by atoms with Crippen molar-refractivity contribution >= 4 is 31.3 Å². The number of nitrogen functional groups attached to an aromatic ring is 1. The lowest BCUT2D eigenvalue weighted by molar-refractivity contribution is -0.149. The van der Waals surface area contributed by atoms with E-state index in [1.54, 1.807) is 32.0 Å². The number of nitrogens with two attached hydrogens (primary N) is 1. The first kappa shape index (κ1) is 28.1. The average molecular weight is 549 g/mol. The van der Waals surface area contributed by atoms with Crippen LogP contribution < -0.4 is 21.0 Å². The summed E-state index contributed by atoms with van der Waals surface area (Å²) in [5.74, 6) is -2.20. The summed E-state index contributed by atoms with van der Waals surface area (Å²) in [5, 5.41) is 10.5. The highest BCUT2D eigenvalue weighted by Crippen LogP contribution is 2.49. The van der Waals surface area contributed by atoms with E-state index in [4.69, 9.17) is 19.5 Å². The fourth-order valence-electron chi connectivity index (χ4n) is 3.21. The first-order valence-electron chi connectivity index (χ1n) is 10.9. The molecule has 1 aliphatic rings. The molecule has 4 N–H and O–H groups in total. The minimum Gasteiger partial charge on any atom is -0.462 e. The van der Waals surface area contributed by atoms with E-state index in [0.29, 0.717) is 10.8 Å². The van der Waals surface area contributed by atoms with Crippen molar-refractivity contribution in [3.63, 3.8) is 0 Å². The lowest BCUT2D eigenvalue weighted by atomic mass is 10.1. The highest BCUT2D eigenvalue weighted by molar-refractivity contribution is 8.00. The van der Waals surface area contributed by atoms with Gasteiger partial charge in [0.25, 0.3) is 0 Å². The molecule has 0 radical (unpaired) electrons. The number of esters is 1. The number of carbonyl (C=O) groups is 1. The predicted molar refractivity (Wildman–Crippen MR) is 129 cm³/mol. The van der Waals surface area contributed by atoms with E-state index in [0.717, 1.165) is 11.8 Å². The summed E-state index contributed by atoms with van der Waals surface area (Å²) >= 11 is 0.759. The topological polar surface area (TPSA) is 155 Å². The van der Waals surface area contributed by atoms with Gasteiger partial charge in [-0.05, 0) is 32.9 Å². The first-order valence-corrected chi connectivity index (χ1v) is 13.4. The second-order valence-electron chi connectivity index (χ2n) is 8.20. The summed E-state index contributed by atoms with van der Waals surface area (Å²) in [4.78, 5) is 27.7. The van der Waals surface area contributed by atoms with E-state index < -0.39 is 72.7 Å². The van der Waals surface area contributed by atoms with Gasteiger partial charge in [-0.1, -0.05) is 18.2 Å². The van der Waals surface area contributed by atoms with Crippen LogP contribution in [-0.2, 0) is 18.6 Å². The van der Waals surface area contributed by atoms with Gasteiger partial charge in [0.1, 0.15) is 23.3 Å². The molecule has 36 heavy (non-hydrogen) atoms. The van der Waals surface area contributed by atoms with Crippen LogP contribution in [0, 0.1) is 5.82 Å². The Labute approximate surface area is 209 Å². The molecule has 3 rings (SSSR count). The van der Waals surface area contributed by atoms with Crippen molar-refractivity contribution in [3.8, 4) is 5.75 Å². The number of nitrogens with one attached hydrogen (secondary N) is 1. The molecular weight excluding hydrogens is 521 g/mol. The van der Waals surface area contributed by atoms with Crippen LogP contribution in [0.1, 0.15) is 26.1 Å². The van der Waals surface area contributed by atoms with Crippen molar-refractivity contribution in [1.82, 2.24) is 14.6 Å². The van der Waals surface area contributed by atoms with Crippen LogP contribution >= 0.6 is 19.5 Å². The number of thioether (sulfide) groups is 1. The minimum absolute atomic E-state index is 0.161. The summed E-state index contributed by atoms with van der Waals surface area (Å²) in [6.45, 7) is 4.19. The molecule has 0 spiro atoms. The number of nitrogens with zero attached hydrogens (tertiary/aromatic N) is 2. The van der Waals surface area contributed by atoms with E-state index in [2.05, 4.69) is 10.1 Å². The molecule has 1 aliphatic heterocycles.